The molecule has 122 valence electrons. The second-order valence-corrected chi connectivity index (χ2v) is 5.88. The summed E-state index contributed by atoms with van der Waals surface area (Å²) < 4.78 is 5.19. The van der Waals surface area contributed by atoms with E-state index in [1.165, 1.54) is 5.56 Å². The van der Waals surface area contributed by atoms with Crippen LogP contribution in [-0.4, -0.2) is 41.3 Å². The lowest BCUT2D eigenvalue weighted by molar-refractivity contribution is 0.208. The molecule has 0 aliphatic carbocycles. The Balaban J connectivity index is 1.54. The molecule has 3 rings (SSSR count). The standard InChI is InChI=1S/C17H22N4O2/c1-12-15(10-19-20-12)9-18-17(22)21-8-7-14(11-21)13-3-5-16(23-2)6-4-13/h3-6,10,14H,7-9,11H2,1-2H3,(H,18,22)(H,19,20). The molecule has 1 aromatic carbocycles. The van der Waals surface area contributed by atoms with E-state index in [-0.39, 0.29) is 6.03 Å². The van der Waals surface area contributed by atoms with E-state index < -0.39 is 0 Å². The van der Waals surface area contributed by atoms with Gasteiger partial charge >= 0.3 is 6.03 Å². The molecule has 0 radical (unpaired) electrons. The number of H-pyrrole nitrogens is 1. The zero-order valence-corrected chi connectivity index (χ0v) is 13.5. The van der Waals surface area contributed by atoms with Crippen LogP contribution in [0.25, 0.3) is 0 Å². The maximum Gasteiger partial charge on any atom is 0.317 e. The number of carbonyl (C=O) groups is 1. The average molecular weight is 314 g/mol. The number of urea groups is 1. The Morgan fingerprint density at radius 2 is 2.22 bits per heavy atom. The number of aryl methyl sites for hydroxylation is 1. The number of hydrogen-bond acceptors (Lipinski definition) is 3. The van der Waals surface area contributed by atoms with Crippen LogP contribution >= 0.6 is 0 Å². The Bertz CT molecular complexity index is 665. The normalized spacial score (nSPS) is 17.3. The quantitative estimate of drug-likeness (QED) is 0.910. The number of nitrogens with one attached hydrogen (secondary N) is 2. The number of methoxy groups -OCH3 is 1. The van der Waals surface area contributed by atoms with Crippen molar-refractivity contribution in [2.45, 2.75) is 25.8 Å². The van der Waals surface area contributed by atoms with E-state index >= 15 is 0 Å². The summed E-state index contributed by atoms with van der Waals surface area (Å²) in [5.74, 6) is 1.25. The highest BCUT2D eigenvalue weighted by Crippen LogP contribution is 2.28. The molecular weight excluding hydrogens is 292 g/mol. The van der Waals surface area contributed by atoms with Crippen LogP contribution in [-0.2, 0) is 6.54 Å². The van der Waals surface area contributed by atoms with Crippen LogP contribution in [0.1, 0.15) is 29.2 Å². The summed E-state index contributed by atoms with van der Waals surface area (Å²) >= 11 is 0. The van der Waals surface area contributed by atoms with Gasteiger partial charge in [-0.1, -0.05) is 12.1 Å². The van der Waals surface area contributed by atoms with Gasteiger partial charge in [0.15, 0.2) is 0 Å². The summed E-state index contributed by atoms with van der Waals surface area (Å²) in [6.45, 7) is 3.99. The minimum atomic E-state index is -0.0124. The molecule has 1 aromatic heterocycles. The molecule has 2 aromatic rings. The summed E-state index contributed by atoms with van der Waals surface area (Å²) in [4.78, 5) is 14.2. The molecule has 1 unspecified atom stereocenters. The third-order valence-corrected chi connectivity index (χ3v) is 4.43. The van der Waals surface area contributed by atoms with Gasteiger partial charge in [0, 0.05) is 36.8 Å². The summed E-state index contributed by atoms with van der Waals surface area (Å²) in [5.41, 5.74) is 3.26. The molecule has 0 saturated carbocycles. The number of hydrogen-bond donors (Lipinski definition) is 2. The first-order valence-electron chi connectivity index (χ1n) is 7.83. The smallest absolute Gasteiger partial charge is 0.317 e. The van der Waals surface area contributed by atoms with E-state index in [9.17, 15) is 4.79 Å². The van der Waals surface area contributed by atoms with Crippen LogP contribution in [0.3, 0.4) is 0 Å². The molecule has 1 aliphatic heterocycles. The number of amides is 2. The highest BCUT2D eigenvalue weighted by Gasteiger charge is 2.27. The molecule has 2 amide bonds. The lowest BCUT2D eigenvalue weighted by atomic mass is 9.98. The van der Waals surface area contributed by atoms with Crippen molar-refractivity contribution in [1.29, 1.82) is 0 Å². The van der Waals surface area contributed by atoms with Crippen molar-refractivity contribution >= 4 is 6.03 Å². The van der Waals surface area contributed by atoms with Crippen LogP contribution in [0.15, 0.2) is 30.5 Å². The minimum absolute atomic E-state index is 0.0124. The Morgan fingerprint density at radius 1 is 1.43 bits per heavy atom. The van der Waals surface area contributed by atoms with Gasteiger partial charge in [0.25, 0.3) is 0 Å². The number of ether oxygens (including phenoxy) is 1. The monoisotopic (exact) mass is 314 g/mol. The van der Waals surface area contributed by atoms with Crippen LogP contribution < -0.4 is 10.1 Å². The van der Waals surface area contributed by atoms with Crippen LogP contribution in [0.4, 0.5) is 4.79 Å². The van der Waals surface area contributed by atoms with Gasteiger partial charge in [0.2, 0.25) is 0 Å². The van der Waals surface area contributed by atoms with Crippen molar-refractivity contribution in [3.63, 3.8) is 0 Å². The lowest BCUT2D eigenvalue weighted by Gasteiger charge is -2.17. The van der Waals surface area contributed by atoms with Gasteiger partial charge < -0.3 is 15.0 Å². The number of aromatic amines is 1. The van der Waals surface area contributed by atoms with Crippen molar-refractivity contribution in [2.24, 2.45) is 0 Å². The molecule has 1 fully saturated rings. The van der Waals surface area contributed by atoms with Crippen molar-refractivity contribution in [3.8, 4) is 5.75 Å². The maximum atomic E-state index is 12.3. The second kappa shape index (κ2) is 6.73. The van der Waals surface area contributed by atoms with E-state index in [0.29, 0.717) is 12.5 Å². The van der Waals surface area contributed by atoms with E-state index in [0.717, 1.165) is 36.5 Å². The SMILES string of the molecule is COc1ccc(C2CCN(C(=O)NCc3cn[nH]c3C)C2)cc1. The zero-order chi connectivity index (χ0) is 16.2. The Morgan fingerprint density at radius 3 is 2.87 bits per heavy atom. The van der Waals surface area contributed by atoms with Crippen molar-refractivity contribution in [3.05, 3.63) is 47.3 Å². The van der Waals surface area contributed by atoms with Crippen molar-refractivity contribution < 1.29 is 9.53 Å². The lowest BCUT2D eigenvalue weighted by Crippen LogP contribution is -2.38. The van der Waals surface area contributed by atoms with E-state index in [1.807, 2.05) is 24.0 Å². The predicted molar refractivity (Wildman–Crippen MR) is 87.5 cm³/mol. The topological polar surface area (TPSA) is 70.2 Å². The third-order valence-electron chi connectivity index (χ3n) is 4.43. The molecule has 6 heteroatoms. The Labute approximate surface area is 135 Å². The van der Waals surface area contributed by atoms with Gasteiger partial charge in [-0.3, -0.25) is 5.10 Å². The fourth-order valence-electron chi connectivity index (χ4n) is 2.93. The Kier molecular flexibility index (Phi) is 4.50. The maximum absolute atomic E-state index is 12.3. The molecule has 2 heterocycles. The number of rotatable bonds is 4. The molecule has 1 atom stereocenters. The third kappa shape index (κ3) is 3.47. The van der Waals surface area contributed by atoms with Crippen LogP contribution in [0, 0.1) is 6.92 Å². The van der Waals surface area contributed by atoms with Gasteiger partial charge in [-0.25, -0.2) is 4.79 Å². The number of likely N-dealkylation sites (tertiary alicyclic amines) is 1. The van der Waals surface area contributed by atoms with Gasteiger partial charge in [0.1, 0.15) is 5.75 Å². The van der Waals surface area contributed by atoms with Crippen LogP contribution in [0.2, 0.25) is 0 Å². The average Bonchev–Trinajstić information content (AvgIpc) is 3.22. The van der Waals surface area contributed by atoms with E-state index in [2.05, 4.69) is 27.6 Å². The van der Waals surface area contributed by atoms with Crippen molar-refractivity contribution in [1.82, 2.24) is 20.4 Å². The summed E-state index contributed by atoms with van der Waals surface area (Å²) in [6, 6.07) is 8.10. The first-order chi connectivity index (χ1) is 11.2. The molecule has 23 heavy (non-hydrogen) atoms. The molecule has 0 bridgehead atoms. The highest BCUT2D eigenvalue weighted by atomic mass is 16.5. The molecule has 1 aliphatic rings. The molecule has 2 N–H and O–H groups in total. The first kappa shape index (κ1) is 15.4. The fourth-order valence-corrected chi connectivity index (χ4v) is 2.93. The number of carbonyl (C=O) groups excluding carboxylic acids is 1. The first-order valence-corrected chi connectivity index (χ1v) is 7.83. The second-order valence-electron chi connectivity index (χ2n) is 5.88. The fraction of sp³-hybridized carbons (Fsp3) is 0.412. The summed E-state index contributed by atoms with van der Waals surface area (Å²) in [6.07, 6.45) is 2.74. The number of aromatic nitrogens is 2. The van der Waals surface area contributed by atoms with Gasteiger partial charge in [0.05, 0.1) is 13.3 Å². The largest absolute Gasteiger partial charge is 0.497 e. The Hall–Kier alpha value is -2.50. The predicted octanol–water partition coefficient (Wildman–Crippen LogP) is 2.43. The van der Waals surface area contributed by atoms with Gasteiger partial charge in [-0.15, -0.1) is 0 Å². The molecule has 6 nitrogen and oxygen atoms in total. The zero-order valence-electron chi connectivity index (χ0n) is 13.5. The van der Waals surface area contributed by atoms with Gasteiger partial charge in [-0.2, -0.15) is 5.10 Å². The van der Waals surface area contributed by atoms with E-state index in [4.69, 9.17) is 4.74 Å². The van der Waals surface area contributed by atoms with Gasteiger partial charge in [-0.05, 0) is 31.0 Å². The van der Waals surface area contributed by atoms with Crippen molar-refractivity contribution in [2.75, 3.05) is 20.2 Å². The number of benzene rings is 1. The summed E-state index contributed by atoms with van der Waals surface area (Å²) in [5, 5.41) is 9.80. The molecule has 1 saturated heterocycles. The summed E-state index contributed by atoms with van der Waals surface area (Å²) in [7, 11) is 1.67. The van der Waals surface area contributed by atoms with Crippen LogP contribution in [0.5, 0.6) is 5.75 Å². The van der Waals surface area contributed by atoms with E-state index in [1.54, 1.807) is 13.3 Å². The minimum Gasteiger partial charge on any atom is -0.497 e. The number of nitrogens with zero attached hydrogens (tertiary/aromatic N) is 2. The highest BCUT2D eigenvalue weighted by molar-refractivity contribution is 5.74. The molecule has 0 spiro atoms. The molecular formula is C17H22N4O2.